The summed E-state index contributed by atoms with van der Waals surface area (Å²) in [6.07, 6.45) is 7.06. The van der Waals surface area contributed by atoms with Crippen molar-refractivity contribution in [1.82, 2.24) is 19.4 Å². The van der Waals surface area contributed by atoms with Gasteiger partial charge in [-0.3, -0.25) is 9.69 Å². The van der Waals surface area contributed by atoms with Crippen molar-refractivity contribution in [2.24, 2.45) is 0 Å². The van der Waals surface area contributed by atoms with Gasteiger partial charge < -0.3 is 9.47 Å². The van der Waals surface area contributed by atoms with Crippen LogP contribution in [0.2, 0.25) is 0 Å². The highest BCUT2D eigenvalue weighted by Crippen LogP contribution is 2.16. The molecule has 0 N–H and O–H groups in total. The van der Waals surface area contributed by atoms with Crippen LogP contribution in [0.4, 0.5) is 0 Å². The Bertz CT molecular complexity index is 687. The Hall–Kier alpha value is -2.40. The van der Waals surface area contributed by atoms with Gasteiger partial charge in [0.25, 0.3) is 0 Å². The molecule has 0 unspecified atom stereocenters. The van der Waals surface area contributed by atoms with Crippen molar-refractivity contribution in [1.29, 1.82) is 0 Å². The Morgan fingerprint density at radius 3 is 2.60 bits per heavy atom. The molecule has 0 bridgehead atoms. The minimum Gasteiger partial charge on any atom is -0.340 e. The zero-order valence-corrected chi connectivity index (χ0v) is 14.7. The lowest BCUT2D eigenvalue weighted by Gasteiger charge is -2.34. The number of aromatic nitrogens is 2. The van der Waals surface area contributed by atoms with Crippen LogP contribution in [0, 0.1) is 0 Å². The van der Waals surface area contributed by atoms with Crippen LogP contribution in [0.3, 0.4) is 0 Å². The third-order valence-corrected chi connectivity index (χ3v) is 4.69. The number of benzene rings is 1. The van der Waals surface area contributed by atoms with Gasteiger partial charge >= 0.3 is 0 Å². The van der Waals surface area contributed by atoms with Gasteiger partial charge in [-0.05, 0) is 6.42 Å². The first kappa shape index (κ1) is 17.4. The van der Waals surface area contributed by atoms with Crippen LogP contribution in [-0.2, 0) is 11.3 Å². The average Bonchev–Trinajstić information content (AvgIpc) is 3.14. The highest BCUT2D eigenvalue weighted by atomic mass is 16.2. The minimum atomic E-state index is 0.250. The fourth-order valence-corrected chi connectivity index (χ4v) is 3.19. The molecule has 132 valence electrons. The van der Waals surface area contributed by atoms with Gasteiger partial charge in [-0.1, -0.05) is 36.4 Å². The minimum absolute atomic E-state index is 0.250. The van der Waals surface area contributed by atoms with E-state index < -0.39 is 0 Å². The summed E-state index contributed by atoms with van der Waals surface area (Å²) < 4.78 is 2.21. The summed E-state index contributed by atoms with van der Waals surface area (Å²) in [6, 6.07) is 10.3. The molecule has 1 aliphatic rings. The Labute approximate surface area is 149 Å². The van der Waals surface area contributed by atoms with Gasteiger partial charge in [-0.25, -0.2) is 4.98 Å². The van der Waals surface area contributed by atoms with Crippen LogP contribution in [0.5, 0.6) is 0 Å². The lowest BCUT2D eigenvalue weighted by molar-refractivity contribution is -0.132. The lowest BCUT2D eigenvalue weighted by atomic mass is 10.2. The first-order chi connectivity index (χ1) is 12.3. The molecule has 0 saturated carbocycles. The topological polar surface area (TPSA) is 41.4 Å². The summed E-state index contributed by atoms with van der Waals surface area (Å²) in [5.41, 5.74) is 1.14. The van der Waals surface area contributed by atoms with Crippen molar-refractivity contribution in [3.63, 3.8) is 0 Å². The molecule has 1 aromatic heterocycles. The van der Waals surface area contributed by atoms with E-state index in [0.717, 1.165) is 57.1 Å². The summed E-state index contributed by atoms with van der Waals surface area (Å²) in [4.78, 5) is 21.0. The Morgan fingerprint density at radius 2 is 1.88 bits per heavy atom. The van der Waals surface area contributed by atoms with Crippen LogP contribution in [0.15, 0.2) is 55.4 Å². The lowest BCUT2D eigenvalue weighted by Crippen LogP contribution is -2.49. The van der Waals surface area contributed by atoms with E-state index >= 15 is 0 Å². The third-order valence-electron chi connectivity index (χ3n) is 4.69. The van der Waals surface area contributed by atoms with E-state index in [1.807, 2.05) is 41.6 Å². The predicted molar refractivity (Wildman–Crippen MR) is 100 cm³/mol. The molecule has 25 heavy (non-hydrogen) atoms. The van der Waals surface area contributed by atoms with E-state index in [1.54, 1.807) is 0 Å². The number of allylic oxidation sites excluding steroid dienone is 1. The number of carbonyl (C=O) groups excluding carboxylic acids is 1. The first-order valence-corrected chi connectivity index (χ1v) is 8.95. The fourth-order valence-electron chi connectivity index (χ4n) is 3.19. The SMILES string of the molecule is C=CCCC(=O)N1CCN(CCn2ccnc2-c2ccccc2)CC1. The maximum atomic E-state index is 12.1. The van der Waals surface area contributed by atoms with Crippen molar-refractivity contribution in [3.8, 4) is 11.4 Å². The van der Waals surface area contributed by atoms with E-state index in [9.17, 15) is 4.79 Å². The number of imidazole rings is 1. The molecular weight excluding hydrogens is 312 g/mol. The average molecular weight is 338 g/mol. The zero-order chi connectivity index (χ0) is 17.5. The molecule has 0 spiro atoms. The third kappa shape index (κ3) is 4.57. The largest absolute Gasteiger partial charge is 0.340 e. The molecule has 0 radical (unpaired) electrons. The maximum Gasteiger partial charge on any atom is 0.222 e. The van der Waals surface area contributed by atoms with E-state index in [2.05, 4.69) is 33.2 Å². The summed E-state index contributed by atoms with van der Waals surface area (Å²) >= 11 is 0. The monoisotopic (exact) mass is 338 g/mol. The molecule has 2 heterocycles. The van der Waals surface area contributed by atoms with Crippen molar-refractivity contribution in [2.45, 2.75) is 19.4 Å². The number of hydrogen-bond donors (Lipinski definition) is 0. The van der Waals surface area contributed by atoms with Gasteiger partial charge in [-0.15, -0.1) is 6.58 Å². The second-order valence-corrected chi connectivity index (χ2v) is 6.36. The molecule has 0 atom stereocenters. The molecule has 1 amide bonds. The number of piperazine rings is 1. The summed E-state index contributed by atoms with van der Waals surface area (Å²) in [5.74, 6) is 1.26. The molecule has 5 heteroatoms. The molecule has 1 saturated heterocycles. The Kier molecular flexibility index (Phi) is 6.01. The smallest absolute Gasteiger partial charge is 0.222 e. The maximum absolute atomic E-state index is 12.1. The van der Waals surface area contributed by atoms with E-state index in [0.29, 0.717) is 6.42 Å². The molecule has 1 aliphatic heterocycles. The number of rotatable bonds is 7. The zero-order valence-electron chi connectivity index (χ0n) is 14.7. The van der Waals surface area contributed by atoms with Crippen molar-refractivity contribution < 1.29 is 4.79 Å². The first-order valence-electron chi connectivity index (χ1n) is 8.95. The molecule has 1 fully saturated rings. The van der Waals surface area contributed by atoms with Gasteiger partial charge in [0.05, 0.1) is 0 Å². The molecule has 3 rings (SSSR count). The van der Waals surface area contributed by atoms with E-state index in [1.165, 1.54) is 0 Å². The Balaban J connectivity index is 1.49. The number of carbonyl (C=O) groups is 1. The van der Waals surface area contributed by atoms with Gasteiger partial charge in [0.1, 0.15) is 5.82 Å². The molecule has 2 aromatic rings. The number of nitrogens with zero attached hydrogens (tertiary/aromatic N) is 4. The predicted octanol–water partition coefficient (Wildman–Crippen LogP) is 2.66. The van der Waals surface area contributed by atoms with Crippen LogP contribution in [0.1, 0.15) is 12.8 Å². The van der Waals surface area contributed by atoms with Gasteiger partial charge in [-0.2, -0.15) is 0 Å². The molecule has 1 aromatic carbocycles. The van der Waals surface area contributed by atoms with Crippen molar-refractivity contribution in [2.75, 3.05) is 32.7 Å². The van der Waals surface area contributed by atoms with Crippen LogP contribution >= 0.6 is 0 Å². The molecular formula is C20H26N4O. The van der Waals surface area contributed by atoms with Crippen LogP contribution in [0.25, 0.3) is 11.4 Å². The van der Waals surface area contributed by atoms with Crippen molar-refractivity contribution >= 4 is 5.91 Å². The van der Waals surface area contributed by atoms with E-state index in [-0.39, 0.29) is 5.91 Å². The molecule has 5 nitrogen and oxygen atoms in total. The highest BCUT2D eigenvalue weighted by molar-refractivity contribution is 5.76. The van der Waals surface area contributed by atoms with Gasteiger partial charge in [0.2, 0.25) is 5.91 Å². The number of hydrogen-bond acceptors (Lipinski definition) is 3. The van der Waals surface area contributed by atoms with Crippen LogP contribution < -0.4 is 0 Å². The standard InChI is InChI=1S/C20H26N4O/c1-2-3-9-19(25)23-15-12-22(13-16-23)14-17-24-11-10-21-20(24)18-7-5-4-6-8-18/h2,4-8,10-11H,1,3,9,12-17H2. The second-order valence-electron chi connectivity index (χ2n) is 6.36. The van der Waals surface area contributed by atoms with Gasteiger partial charge in [0, 0.05) is 63.6 Å². The van der Waals surface area contributed by atoms with Gasteiger partial charge in [0.15, 0.2) is 0 Å². The summed E-state index contributed by atoms with van der Waals surface area (Å²) in [7, 11) is 0. The van der Waals surface area contributed by atoms with Crippen molar-refractivity contribution in [3.05, 3.63) is 55.4 Å². The van der Waals surface area contributed by atoms with Crippen LogP contribution in [-0.4, -0.2) is 58.0 Å². The molecule has 0 aliphatic carbocycles. The normalized spacial score (nSPS) is 15.3. The summed E-state index contributed by atoms with van der Waals surface area (Å²) in [6.45, 7) is 9.10. The van der Waals surface area contributed by atoms with E-state index in [4.69, 9.17) is 0 Å². The Morgan fingerprint density at radius 1 is 1.12 bits per heavy atom. The highest BCUT2D eigenvalue weighted by Gasteiger charge is 2.20. The fraction of sp³-hybridized carbons (Fsp3) is 0.400. The summed E-state index contributed by atoms with van der Waals surface area (Å²) in [5, 5.41) is 0. The quantitative estimate of drug-likeness (QED) is 0.729. The number of amides is 1. The second kappa shape index (κ2) is 8.62.